The van der Waals surface area contributed by atoms with Gasteiger partial charge in [0.25, 0.3) is 0 Å². The van der Waals surface area contributed by atoms with Gasteiger partial charge in [-0.2, -0.15) is 0 Å². The first-order valence-electron chi connectivity index (χ1n) is 8.03. The lowest BCUT2D eigenvalue weighted by molar-refractivity contribution is 0.183. The first-order chi connectivity index (χ1) is 9.42. The molecule has 1 unspecified atom stereocenters. The van der Waals surface area contributed by atoms with Gasteiger partial charge in [-0.15, -0.1) is 0 Å². The quantitative estimate of drug-likeness (QED) is 0.759. The van der Waals surface area contributed by atoms with Gasteiger partial charge < -0.3 is 4.98 Å². The molecule has 1 aliphatic rings. The third-order valence-electron chi connectivity index (χ3n) is 5.64. The highest BCUT2D eigenvalue weighted by Crippen LogP contribution is 2.42. The molecule has 20 heavy (non-hydrogen) atoms. The van der Waals surface area contributed by atoms with Crippen molar-refractivity contribution in [3.63, 3.8) is 0 Å². The molecule has 0 spiro atoms. The molecule has 0 bridgehead atoms. The molecule has 0 aliphatic heterocycles. The van der Waals surface area contributed by atoms with Crippen molar-refractivity contribution in [3.8, 4) is 0 Å². The molecule has 1 heteroatoms. The second kappa shape index (κ2) is 4.65. The van der Waals surface area contributed by atoms with Crippen LogP contribution in [0.1, 0.15) is 56.0 Å². The Morgan fingerprint density at radius 1 is 1.25 bits per heavy atom. The number of hydrogen-bond acceptors (Lipinski definition) is 0. The van der Waals surface area contributed by atoms with Crippen molar-refractivity contribution in [2.75, 3.05) is 0 Å². The van der Waals surface area contributed by atoms with Crippen molar-refractivity contribution in [1.29, 1.82) is 0 Å². The van der Waals surface area contributed by atoms with Crippen LogP contribution in [0.5, 0.6) is 0 Å². The van der Waals surface area contributed by atoms with Crippen LogP contribution in [0.2, 0.25) is 0 Å². The lowest BCUT2D eigenvalue weighted by Crippen LogP contribution is -2.28. The Morgan fingerprint density at radius 3 is 2.70 bits per heavy atom. The van der Waals surface area contributed by atoms with Crippen LogP contribution in [-0.2, 0) is 12.8 Å². The van der Waals surface area contributed by atoms with Gasteiger partial charge in [-0.25, -0.2) is 0 Å². The number of fused-ring (bicyclic) bond motifs is 3. The van der Waals surface area contributed by atoms with Crippen LogP contribution in [0.4, 0.5) is 0 Å². The molecule has 1 nitrogen and oxygen atoms in total. The highest BCUT2D eigenvalue weighted by atomic mass is 14.7. The zero-order chi connectivity index (χ0) is 14.5. The Labute approximate surface area is 122 Å². The van der Waals surface area contributed by atoms with Gasteiger partial charge in [0.05, 0.1) is 0 Å². The summed E-state index contributed by atoms with van der Waals surface area (Å²) < 4.78 is 0. The molecule has 0 saturated heterocycles. The zero-order valence-electron chi connectivity index (χ0n) is 13.6. The van der Waals surface area contributed by atoms with Gasteiger partial charge in [-0.1, -0.05) is 33.3 Å². The lowest BCUT2D eigenvalue weighted by Gasteiger charge is -2.36. The number of H-pyrrole nitrogens is 1. The van der Waals surface area contributed by atoms with Crippen molar-refractivity contribution in [3.05, 3.63) is 34.5 Å². The van der Waals surface area contributed by atoms with Crippen molar-refractivity contribution in [1.82, 2.24) is 4.98 Å². The predicted octanol–water partition coefficient (Wildman–Crippen LogP) is 5.33. The number of benzene rings is 1. The van der Waals surface area contributed by atoms with Crippen molar-refractivity contribution in [2.45, 2.75) is 60.3 Å². The summed E-state index contributed by atoms with van der Waals surface area (Å²) in [6, 6.07) is 4.63. The zero-order valence-corrected chi connectivity index (χ0v) is 13.6. The number of rotatable bonds is 2. The first-order valence-corrected chi connectivity index (χ1v) is 8.03. The average Bonchev–Trinajstić information content (AvgIpc) is 2.75. The van der Waals surface area contributed by atoms with Crippen molar-refractivity contribution in [2.24, 2.45) is 11.3 Å². The third-order valence-corrected chi connectivity index (χ3v) is 5.64. The van der Waals surface area contributed by atoms with Crippen LogP contribution >= 0.6 is 0 Å². The van der Waals surface area contributed by atoms with E-state index < -0.39 is 0 Å². The van der Waals surface area contributed by atoms with Gasteiger partial charge in [0.1, 0.15) is 0 Å². The van der Waals surface area contributed by atoms with E-state index in [4.69, 9.17) is 0 Å². The molecule has 0 amide bonds. The van der Waals surface area contributed by atoms with Crippen LogP contribution in [0.25, 0.3) is 10.9 Å². The standard InChI is InChI=1S/C19H27N/c1-6-19(4,5)14-7-8-16-15(11-14)18-13(3)9-12(2)10-17(18)20-16/h9-10,14,20H,6-8,11H2,1-5H3. The molecule has 1 aromatic carbocycles. The highest BCUT2D eigenvalue weighted by Gasteiger charge is 2.32. The summed E-state index contributed by atoms with van der Waals surface area (Å²) in [5.41, 5.74) is 7.71. The van der Waals surface area contributed by atoms with E-state index in [9.17, 15) is 0 Å². The van der Waals surface area contributed by atoms with E-state index in [1.54, 1.807) is 5.56 Å². The number of aryl methyl sites for hydroxylation is 3. The summed E-state index contributed by atoms with van der Waals surface area (Å²) in [4.78, 5) is 3.69. The maximum absolute atomic E-state index is 3.69. The molecule has 1 heterocycles. The summed E-state index contributed by atoms with van der Waals surface area (Å²) in [6.45, 7) is 11.7. The fourth-order valence-electron chi connectivity index (χ4n) is 3.92. The Bertz CT molecular complexity index is 645. The summed E-state index contributed by atoms with van der Waals surface area (Å²) >= 11 is 0. The average molecular weight is 269 g/mol. The smallest absolute Gasteiger partial charge is 0.0464 e. The van der Waals surface area contributed by atoms with Crippen LogP contribution < -0.4 is 0 Å². The maximum Gasteiger partial charge on any atom is 0.0464 e. The Balaban J connectivity index is 2.09. The predicted molar refractivity (Wildman–Crippen MR) is 87.4 cm³/mol. The molecule has 0 radical (unpaired) electrons. The van der Waals surface area contributed by atoms with E-state index >= 15 is 0 Å². The lowest BCUT2D eigenvalue weighted by atomic mass is 9.69. The fourth-order valence-corrected chi connectivity index (χ4v) is 3.92. The SMILES string of the molecule is CCC(C)(C)C1CCc2[nH]c3cc(C)cc(C)c3c2C1. The summed E-state index contributed by atoms with van der Waals surface area (Å²) in [6.07, 6.45) is 5.07. The Kier molecular flexibility index (Phi) is 3.19. The molecular weight excluding hydrogens is 242 g/mol. The van der Waals surface area contributed by atoms with Crippen LogP contribution in [0.3, 0.4) is 0 Å². The minimum absolute atomic E-state index is 0.458. The highest BCUT2D eigenvalue weighted by molar-refractivity contribution is 5.88. The second-order valence-electron chi connectivity index (χ2n) is 7.37. The number of nitrogens with one attached hydrogen (secondary N) is 1. The largest absolute Gasteiger partial charge is 0.358 e. The molecule has 1 atom stereocenters. The van der Waals surface area contributed by atoms with Crippen LogP contribution in [0.15, 0.2) is 12.1 Å². The van der Waals surface area contributed by atoms with Crippen LogP contribution in [0, 0.1) is 25.2 Å². The number of hydrogen-bond donors (Lipinski definition) is 1. The van der Waals surface area contributed by atoms with E-state index in [1.165, 1.54) is 53.4 Å². The molecule has 1 aliphatic carbocycles. The molecule has 3 rings (SSSR count). The minimum atomic E-state index is 0.458. The molecule has 1 N–H and O–H groups in total. The second-order valence-corrected chi connectivity index (χ2v) is 7.37. The van der Waals surface area contributed by atoms with E-state index in [1.807, 2.05) is 0 Å². The third kappa shape index (κ3) is 2.08. The molecule has 0 fully saturated rings. The summed E-state index contributed by atoms with van der Waals surface area (Å²) in [7, 11) is 0. The van der Waals surface area contributed by atoms with Gasteiger partial charge in [0.2, 0.25) is 0 Å². The Hall–Kier alpha value is -1.24. The molecular formula is C19H27N. The fraction of sp³-hybridized carbons (Fsp3) is 0.579. The summed E-state index contributed by atoms with van der Waals surface area (Å²) in [5.74, 6) is 0.819. The topological polar surface area (TPSA) is 15.8 Å². The molecule has 108 valence electrons. The van der Waals surface area contributed by atoms with Gasteiger partial charge in [0.15, 0.2) is 0 Å². The monoisotopic (exact) mass is 269 g/mol. The van der Waals surface area contributed by atoms with Gasteiger partial charge in [-0.05, 0) is 67.2 Å². The number of aromatic nitrogens is 1. The van der Waals surface area contributed by atoms with Crippen LogP contribution in [-0.4, -0.2) is 4.98 Å². The normalized spacial score (nSPS) is 19.4. The van der Waals surface area contributed by atoms with Crippen molar-refractivity contribution < 1.29 is 0 Å². The molecule has 0 saturated carbocycles. The van der Waals surface area contributed by atoms with E-state index in [0.717, 1.165) is 5.92 Å². The van der Waals surface area contributed by atoms with Gasteiger partial charge >= 0.3 is 0 Å². The van der Waals surface area contributed by atoms with E-state index in [-0.39, 0.29) is 0 Å². The first kappa shape index (κ1) is 13.7. The van der Waals surface area contributed by atoms with Crippen molar-refractivity contribution >= 4 is 10.9 Å². The molecule has 1 aromatic heterocycles. The van der Waals surface area contributed by atoms with Gasteiger partial charge in [-0.3, -0.25) is 0 Å². The summed E-state index contributed by atoms with van der Waals surface area (Å²) in [5, 5.41) is 1.50. The molecule has 2 aromatic rings. The maximum atomic E-state index is 3.69. The van der Waals surface area contributed by atoms with Gasteiger partial charge in [0, 0.05) is 16.6 Å². The van der Waals surface area contributed by atoms with E-state index in [2.05, 4.69) is 51.7 Å². The van der Waals surface area contributed by atoms with E-state index in [0.29, 0.717) is 5.41 Å². The Morgan fingerprint density at radius 2 is 2.00 bits per heavy atom. The number of aromatic amines is 1. The minimum Gasteiger partial charge on any atom is -0.358 e.